The fourth-order valence-electron chi connectivity index (χ4n) is 2.60. The van der Waals surface area contributed by atoms with E-state index >= 15 is 0 Å². The van der Waals surface area contributed by atoms with Gasteiger partial charge in [-0.05, 0) is 50.8 Å². The molecule has 2 rings (SSSR count). The van der Waals surface area contributed by atoms with Crippen molar-refractivity contribution >= 4 is 11.9 Å². The van der Waals surface area contributed by atoms with E-state index < -0.39 is 12.1 Å². The number of amides is 1. The number of hydrogen-bond donors (Lipinski definition) is 2. The summed E-state index contributed by atoms with van der Waals surface area (Å²) < 4.78 is 5.61. The van der Waals surface area contributed by atoms with Gasteiger partial charge in [0, 0.05) is 6.04 Å². The Morgan fingerprint density at radius 1 is 1.38 bits per heavy atom. The maximum Gasteiger partial charge on any atom is 0.306 e. The number of ether oxygens (including phenoxy) is 1. The maximum absolute atomic E-state index is 12.1. The van der Waals surface area contributed by atoms with E-state index in [-0.39, 0.29) is 17.9 Å². The largest absolute Gasteiger partial charge is 0.481 e. The van der Waals surface area contributed by atoms with Gasteiger partial charge >= 0.3 is 5.97 Å². The van der Waals surface area contributed by atoms with Crippen molar-refractivity contribution in [3.63, 3.8) is 0 Å². The van der Waals surface area contributed by atoms with Crippen LogP contribution in [-0.2, 0) is 9.59 Å². The molecule has 1 aromatic carbocycles. The average Bonchev–Trinajstić information content (AvgIpc) is 2.87. The number of aliphatic carboxylic acids is 1. The molecule has 5 nitrogen and oxygen atoms in total. The molecule has 0 spiro atoms. The number of carboxylic acids is 1. The second-order valence-electron chi connectivity index (χ2n) is 5.63. The van der Waals surface area contributed by atoms with Crippen molar-refractivity contribution in [1.29, 1.82) is 0 Å². The predicted octanol–water partition coefficient (Wildman–Crippen LogP) is 2.13. The zero-order valence-electron chi connectivity index (χ0n) is 12.3. The zero-order chi connectivity index (χ0) is 15.4. The van der Waals surface area contributed by atoms with Crippen molar-refractivity contribution in [2.75, 3.05) is 0 Å². The zero-order valence-corrected chi connectivity index (χ0v) is 12.3. The van der Waals surface area contributed by atoms with Crippen LogP contribution >= 0.6 is 0 Å². The molecule has 1 aromatic rings. The van der Waals surface area contributed by atoms with Crippen molar-refractivity contribution < 1.29 is 19.4 Å². The SMILES string of the molecule is Cc1cccc(OC(C)C(=O)N[C@@H]2CC[C@H](C(=O)O)C2)c1. The van der Waals surface area contributed by atoms with Crippen LogP contribution in [0, 0.1) is 12.8 Å². The maximum atomic E-state index is 12.1. The van der Waals surface area contributed by atoms with Gasteiger partial charge in [-0.2, -0.15) is 0 Å². The van der Waals surface area contributed by atoms with Gasteiger partial charge in [-0.15, -0.1) is 0 Å². The Morgan fingerprint density at radius 2 is 2.14 bits per heavy atom. The van der Waals surface area contributed by atoms with Crippen LogP contribution in [0.15, 0.2) is 24.3 Å². The first-order valence-corrected chi connectivity index (χ1v) is 7.22. The van der Waals surface area contributed by atoms with E-state index in [9.17, 15) is 9.59 Å². The number of carbonyl (C=O) groups is 2. The molecule has 1 aliphatic carbocycles. The minimum absolute atomic E-state index is 0.0674. The molecule has 0 radical (unpaired) electrons. The van der Waals surface area contributed by atoms with Crippen molar-refractivity contribution in [2.24, 2.45) is 5.92 Å². The Hall–Kier alpha value is -2.04. The Balaban J connectivity index is 1.84. The molecule has 5 heteroatoms. The summed E-state index contributed by atoms with van der Waals surface area (Å²) in [5, 5.41) is 11.8. The van der Waals surface area contributed by atoms with E-state index in [1.807, 2.05) is 31.2 Å². The molecular formula is C16H21NO4. The summed E-state index contributed by atoms with van der Waals surface area (Å²) in [6, 6.07) is 7.46. The van der Waals surface area contributed by atoms with Gasteiger partial charge in [0.15, 0.2) is 6.10 Å². The molecule has 1 saturated carbocycles. The first kappa shape index (κ1) is 15.4. The van der Waals surface area contributed by atoms with E-state index in [1.54, 1.807) is 6.92 Å². The van der Waals surface area contributed by atoms with Crippen LogP contribution in [-0.4, -0.2) is 29.1 Å². The van der Waals surface area contributed by atoms with Gasteiger partial charge in [0.1, 0.15) is 5.75 Å². The van der Waals surface area contributed by atoms with Crippen molar-refractivity contribution in [3.05, 3.63) is 29.8 Å². The van der Waals surface area contributed by atoms with Gasteiger partial charge in [-0.1, -0.05) is 12.1 Å². The molecule has 0 heterocycles. The molecule has 0 aliphatic heterocycles. The molecule has 0 bridgehead atoms. The fraction of sp³-hybridized carbons (Fsp3) is 0.500. The molecule has 0 aromatic heterocycles. The summed E-state index contributed by atoms with van der Waals surface area (Å²) >= 11 is 0. The summed E-state index contributed by atoms with van der Waals surface area (Å²) in [6.07, 6.45) is 1.22. The molecule has 1 fully saturated rings. The average molecular weight is 291 g/mol. The predicted molar refractivity (Wildman–Crippen MR) is 78.2 cm³/mol. The Morgan fingerprint density at radius 3 is 2.76 bits per heavy atom. The first-order valence-electron chi connectivity index (χ1n) is 7.22. The molecule has 1 amide bonds. The van der Waals surface area contributed by atoms with E-state index in [2.05, 4.69) is 5.32 Å². The number of carbonyl (C=O) groups excluding carboxylic acids is 1. The van der Waals surface area contributed by atoms with Gasteiger partial charge in [0.2, 0.25) is 0 Å². The van der Waals surface area contributed by atoms with Crippen LogP contribution in [0.2, 0.25) is 0 Å². The molecule has 3 atom stereocenters. The third-order valence-electron chi connectivity index (χ3n) is 3.80. The number of nitrogens with one attached hydrogen (secondary N) is 1. The van der Waals surface area contributed by atoms with Crippen LogP contribution in [0.4, 0.5) is 0 Å². The lowest BCUT2D eigenvalue weighted by atomic mass is 10.1. The second-order valence-corrected chi connectivity index (χ2v) is 5.63. The Bertz CT molecular complexity index is 529. The first-order chi connectivity index (χ1) is 9.95. The normalized spacial score (nSPS) is 22.6. The van der Waals surface area contributed by atoms with Crippen LogP contribution in [0.25, 0.3) is 0 Å². The monoisotopic (exact) mass is 291 g/mol. The number of rotatable bonds is 5. The summed E-state index contributed by atoms with van der Waals surface area (Å²) in [6.45, 7) is 3.66. The quantitative estimate of drug-likeness (QED) is 0.871. The van der Waals surface area contributed by atoms with E-state index in [4.69, 9.17) is 9.84 Å². The summed E-state index contributed by atoms with van der Waals surface area (Å²) in [5.74, 6) is -0.667. The van der Waals surface area contributed by atoms with Gasteiger partial charge in [0.25, 0.3) is 5.91 Å². The molecule has 1 unspecified atom stereocenters. The van der Waals surface area contributed by atoms with Gasteiger partial charge in [0.05, 0.1) is 5.92 Å². The van der Waals surface area contributed by atoms with Crippen molar-refractivity contribution in [3.8, 4) is 5.75 Å². The number of benzene rings is 1. The molecule has 2 N–H and O–H groups in total. The standard InChI is InChI=1S/C16H21NO4/c1-10-4-3-5-14(8-10)21-11(2)15(18)17-13-7-6-12(9-13)16(19)20/h3-5,8,11-13H,6-7,9H2,1-2H3,(H,17,18)(H,19,20)/t11?,12-,13+/m0/s1. The van der Waals surface area contributed by atoms with Crippen LogP contribution in [0.1, 0.15) is 31.7 Å². The number of carboxylic acid groups (broad SMARTS) is 1. The fourth-order valence-corrected chi connectivity index (χ4v) is 2.60. The van der Waals surface area contributed by atoms with E-state index in [0.717, 1.165) is 5.56 Å². The van der Waals surface area contributed by atoms with Gasteiger partial charge in [-0.25, -0.2) is 0 Å². The molecule has 0 saturated heterocycles. The lowest BCUT2D eigenvalue weighted by Crippen LogP contribution is -2.41. The highest BCUT2D eigenvalue weighted by Gasteiger charge is 2.31. The van der Waals surface area contributed by atoms with Gasteiger partial charge in [-0.3, -0.25) is 9.59 Å². The molecule has 114 valence electrons. The Labute approximate surface area is 124 Å². The topological polar surface area (TPSA) is 75.6 Å². The third-order valence-corrected chi connectivity index (χ3v) is 3.80. The molecule has 1 aliphatic rings. The highest BCUT2D eigenvalue weighted by atomic mass is 16.5. The van der Waals surface area contributed by atoms with Crippen LogP contribution in [0.3, 0.4) is 0 Å². The van der Waals surface area contributed by atoms with Crippen LogP contribution in [0.5, 0.6) is 5.75 Å². The third kappa shape index (κ3) is 4.21. The van der Waals surface area contributed by atoms with Crippen molar-refractivity contribution in [1.82, 2.24) is 5.32 Å². The molecule has 21 heavy (non-hydrogen) atoms. The highest BCUT2D eigenvalue weighted by molar-refractivity contribution is 5.81. The highest BCUT2D eigenvalue weighted by Crippen LogP contribution is 2.25. The van der Waals surface area contributed by atoms with E-state index in [1.165, 1.54) is 0 Å². The number of hydrogen-bond acceptors (Lipinski definition) is 3. The minimum atomic E-state index is -0.782. The van der Waals surface area contributed by atoms with Gasteiger partial charge < -0.3 is 15.2 Å². The Kier molecular flexibility index (Phi) is 4.83. The second kappa shape index (κ2) is 6.61. The molecular weight excluding hydrogens is 270 g/mol. The minimum Gasteiger partial charge on any atom is -0.481 e. The van der Waals surface area contributed by atoms with Crippen LogP contribution < -0.4 is 10.1 Å². The van der Waals surface area contributed by atoms with Crippen molar-refractivity contribution in [2.45, 2.75) is 45.3 Å². The summed E-state index contributed by atoms with van der Waals surface area (Å²) in [7, 11) is 0. The summed E-state index contributed by atoms with van der Waals surface area (Å²) in [4.78, 5) is 23.0. The number of aryl methyl sites for hydroxylation is 1. The van der Waals surface area contributed by atoms with E-state index in [0.29, 0.717) is 25.0 Å². The smallest absolute Gasteiger partial charge is 0.306 e. The lowest BCUT2D eigenvalue weighted by molar-refractivity contribution is -0.141. The summed E-state index contributed by atoms with van der Waals surface area (Å²) in [5.41, 5.74) is 1.07. The lowest BCUT2D eigenvalue weighted by Gasteiger charge is -2.18.